The first kappa shape index (κ1) is 20.3. The summed E-state index contributed by atoms with van der Waals surface area (Å²) in [5.41, 5.74) is 3.31. The van der Waals surface area contributed by atoms with Crippen LogP contribution >= 0.6 is 11.6 Å². The molecule has 0 spiro atoms. The lowest BCUT2D eigenvalue weighted by atomic mass is 10.0. The molecule has 0 saturated carbocycles. The van der Waals surface area contributed by atoms with E-state index in [0.717, 1.165) is 22.6 Å². The van der Waals surface area contributed by atoms with Crippen molar-refractivity contribution in [1.82, 2.24) is 9.55 Å². The van der Waals surface area contributed by atoms with Crippen LogP contribution < -0.4 is 9.47 Å². The van der Waals surface area contributed by atoms with Gasteiger partial charge in [-0.2, -0.15) is 0 Å². The van der Waals surface area contributed by atoms with E-state index in [1.807, 2.05) is 54.6 Å². The van der Waals surface area contributed by atoms with E-state index in [1.54, 1.807) is 0 Å². The Balaban J connectivity index is 1.48. The number of imidazole rings is 1. The number of aromatic nitrogens is 2. The van der Waals surface area contributed by atoms with Gasteiger partial charge in [0, 0.05) is 0 Å². The summed E-state index contributed by atoms with van der Waals surface area (Å²) in [5.74, 6) is 2.88. The first-order valence-electron chi connectivity index (χ1n) is 10.2. The first-order chi connectivity index (χ1) is 14.6. The zero-order valence-electron chi connectivity index (χ0n) is 17.2. The molecule has 3 aromatic carbocycles. The van der Waals surface area contributed by atoms with Crippen LogP contribution in [0.4, 0.5) is 0 Å². The fourth-order valence-electron chi connectivity index (χ4n) is 3.39. The van der Waals surface area contributed by atoms with Crippen LogP contribution in [0, 0.1) is 0 Å². The largest absolute Gasteiger partial charge is 0.492 e. The van der Waals surface area contributed by atoms with Crippen molar-refractivity contribution in [1.29, 1.82) is 0 Å². The quantitative estimate of drug-likeness (QED) is 0.327. The zero-order chi connectivity index (χ0) is 20.9. The van der Waals surface area contributed by atoms with Crippen molar-refractivity contribution in [3.63, 3.8) is 0 Å². The number of benzene rings is 3. The minimum Gasteiger partial charge on any atom is -0.492 e. The third-order valence-corrected chi connectivity index (χ3v) is 5.37. The number of halogens is 1. The second-order valence-corrected chi connectivity index (χ2v) is 7.87. The summed E-state index contributed by atoms with van der Waals surface area (Å²) < 4.78 is 14.1. The molecule has 30 heavy (non-hydrogen) atoms. The summed E-state index contributed by atoms with van der Waals surface area (Å²) in [6.07, 6.45) is 0. The zero-order valence-corrected chi connectivity index (χ0v) is 18.0. The Kier molecular flexibility index (Phi) is 6.24. The van der Waals surface area contributed by atoms with Crippen LogP contribution in [0.25, 0.3) is 11.0 Å². The Hall–Kier alpha value is -2.98. The standard InChI is InChI=1S/C25H25ClN2O2/c1-18(2)19-11-13-20(14-12-19)29-16-15-28-23-9-5-4-8-22(23)27-25(28)17-30-24-10-6-3-7-21(24)26/h3-14,18H,15-17H2,1-2H3. The van der Waals surface area contributed by atoms with E-state index in [1.165, 1.54) is 5.56 Å². The Morgan fingerprint density at radius 3 is 2.40 bits per heavy atom. The van der Waals surface area contributed by atoms with Gasteiger partial charge in [-0.15, -0.1) is 0 Å². The molecule has 0 fully saturated rings. The van der Waals surface area contributed by atoms with Crippen molar-refractivity contribution in [2.75, 3.05) is 6.61 Å². The Labute approximate surface area is 182 Å². The van der Waals surface area contributed by atoms with Crippen LogP contribution in [-0.2, 0) is 13.2 Å². The van der Waals surface area contributed by atoms with Gasteiger partial charge < -0.3 is 14.0 Å². The summed E-state index contributed by atoms with van der Waals surface area (Å²) in [7, 11) is 0. The number of hydrogen-bond acceptors (Lipinski definition) is 3. The van der Waals surface area contributed by atoms with Crippen molar-refractivity contribution in [3.05, 3.63) is 89.2 Å². The van der Waals surface area contributed by atoms with Crippen LogP contribution in [0.5, 0.6) is 11.5 Å². The molecule has 0 amide bonds. The second kappa shape index (κ2) is 9.23. The third kappa shape index (κ3) is 4.60. The molecular formula is C25H25ClN2O2. The van der Waals surface area contributed by atoms with Crippen LogP contribution in [0.1, 0.15) is 31.2 Å². The lowest BCUT2D eigenvalue weighted by molar-refractivity contribution is 0.272. The number of rotatable bonds is 8. The highest BCUT2D eigenvalue weighted by atomic mass is 35.5. The number of para-hydroxylation sites is 3. The smallest absolute Gasteiger partial charge is 0.148 e. The molecule has 0 unspecified atom stereocenters. The summed E-state index contributed by atoms with van der Waals surface area (Å²) in [5, 5.41) is 0.591. The molecule has 154 valence electrons. The third-order valence-electron chi connectivity index (χ3n) is 5.06. The molecule has 0 aliphatic rings. The SMILES string of the molecule is CC(C)c1ccc(OCCn2c(COc3ccccc3Cl)nc3ccccc32)cc1. The van der Waals surface area contributed by atoms with Gasteiger partial charge in [-0.05, 0) is 47.9 Å². The highest BCUT2D eigenvalue weighted by Gasteiger charge is 2.12. The molecular weight excluding hydrogens is 396 g/mol. The number of hydrogen-bond donors (Lipinski definition) is 0. The van der Waals surface area contributed by atoms with Crippen LogP contribution in [0.3, 0.4) is 0 Å². The minimum absolute atomic E-state index is 0.335. The van der Waals surface area contributed by atoms with E-state index in [4.69, 9.17) is 26.1 Å². The van der Waals surface area contributed by atoms with E-state index >= 15 is 0 Å². The number of ether oxygens (including phenoxy) is 2. The summed E-state index contributed by atoms with van der Waals surface area (Å²) >= 11 is 6.22. The fraction of sp³-hybridized carbons (Fsp3) is 0.240. The van der Waals surface area contributed by atoms with E-state index < -0.39 is 0 Å². The van der Waals surface area contributed by atoms with Crippen LogP contribution in [-0.4, -0.2) is 16.2 Å². The second-order valence-electron chi connectivity index (χ2n) is 7.46. The Bertz CT molecular complexity index is 1120. The molecule has 4 aromatic rings. The van der Waals surface area contributed by atoms with E-state index in [0.29, 0.717) is 36.4 Å². The van der Waals surface area contributed by atoms with Gasteiger partial charge in [0.1, 0.15) is 30.5 Å². The van der Waals surface area contributed by atoms with Crippen molar-refractivity contribution >= 4 is 22.6 Å². The highest BCUT2D eigenvalue weighted by Crippen LogP contribution is 2.25. The molecule has 0 bridgehead atoms. The monoisotopic (exact) mass is 420 g/mol. The van der Waals surface area contributed by atoms with Crippen molar-refractivity contribution in [2.45, 2.75) is 32.9 Å². The van der Waals surface area contributed by atoms with Gasteiger partial charge in [0.2, 0.25) is 0 Å². The highest BCUT2D eigenvalue weighted by molar-refractivity contribution is 6.32. The number of nitrogens with zero attached hydrogens (tertiary/aromatic N) is 2. The van der Waals surface area contributed by atoms with E-state index in [9.17, 15) is 0 Å². The number of fused-ring (bicyclic) bond motifs is 1. The average molecular weight is 421 g/mol. The normalized spacial score (nSPS) is 11.2. The van der Waals surface area contributed by atoms with Gasteiger partial charge in [-0.1, -0.05) is 61.8 Å². The summed E-state index contributed by atoms with van der Waals surface area (Å²) in [6.45, 7) is 5.92. The molecule has 0 aliphatic heterocycles. The molecule has 5 heteroatoms. The van der Waals surface area contributed by atoms with Crippen molar-refractivity contribution in [2.24, 2.45) is 0 Å². The lowest BCUT2D eigenvalue weighted by Crippen LogP contribution is -2.13. The van der Waals surface area contributed by atoms with Crippen molar-refractivity contribution in [3.8, 4) is 11.5 Å². The van der Waals surface area contributed by atoms with Gasteiger partial charge in [-0.25, -0.2) is 4.98 Å². The van der Waals surface area contributed by atoms with Gasteiger partial charge in [0.05, 0.1) is 22.6 Å². The van der Waals surface area contributed by atoms with E-state index in [2.05, 4.69) is 36.6 Å². The molecule has 0 atom stereocenters. The molecule has 4 nitrogen and oxygen atoms in total. The lowest BCUT2D eigenvalue weighted by Gasteiger charge is -2.13. The molecule has 0 aliphatic carbocycles. The van der Waals surface area contributed by atoms with Crippen LogP contribution in [0.2, 0.25) is 5.02 Å². The molecule has 0 saturated heterocycles. The van der Waals surface area contributed by atoms with E-state index in [-0.39, 0.29) is 0 Å². The van der Waals surface area contributed by atoms with Gasteiger partial charge in [-0.3, -0.25) is 0 Å². The Morgan fingerprint density at radius 1 is 0.900 bits per heavy atom. The maximum atomic E-state index is 6.22. The predicted octanol–water partition coefficient (Wildman–Crippen LogP) is 6.47. The minimum atomic E-state index is 0.335. The Morgan fingerprint density at radius 2 is 1.63 bits per heavy atom. The average Bonchev–Trinajstić information content (AvgIpc) is 3.11. The molecule has 4 rings (SSSR count). The summed E-state index contributed by atoms with van der Waals surface area (Å²) in [4.78, 5) is 4.75. The topological polar surface area (TPSA) is 36.3 Å². The maximum absolute atomic E-state index is 6.22. The van der Waals surface area contributed by atoms with Gasteiger partial charge in [0.25, 0.3) is 0 Å². The van der Waals surface area contributed by atoms with Gasteiger partial charge >= 0.3 is 0 Å². The first-order valence-corrected chi connectivity index (χ1v) is 10.5. The summed E-state index contributed by atoms with van der Waals surface area (Å²) in [6, 6.07) is 23.9. The predicted molar refractivity (Wildman–Crippen MR) is 122 cm³/mol. The molecule has 0 N–H and O–H groups in total. The maximum Gasteiger partial charge on any atom is 0.148 e. The van der Waals surface area contributed by atoms with Gasteiger partial charge in [0.15, 0.2) is 0 Å². The molecule has 0 radical (unpaired) electrons. The molecule has 1 aromatic heterocycles. The molecule has 1 heterocycles. The fourth-order valence-corrected chi connectivity index (χ4v) is 3.58. The van der Waals surface area contributed by atoms with Crippen molar-refractivity contribution < 1.29 is 9.47 Å². The van der Waals surface area contributed by atoms with Crippen LogP contribution in [0.15, 0.2) is 72.8 Å².